The van der Waals surface area contributed by atoms with Crippen LogP contribution in [0.1, 0.15) is 10.4 Å². The van der Waals surface area contributed by atoms with Gasteiger partial charge in [-0.05, 0) is 6.07 Å². The van der Waals surface area contributed by atoms with E-state index < -0.39 is 10.9 Å². The SMILES string of the molecule is O=C(O)c1cnc2cc([N+](=O)[O-])sc2c1. The number of aromatic nitrogens is 1. The van der Waals surface area contributed by atoms with E-state index in [-0.39, 0.29) is 10.6 Å². The normalized spacial score (nSPS) is 10.4. The van der Waals surface area contributed by atoms with Crippen LogP contribution >= 0.6 is 11.3 Å². The van der Waals surface area contributed by atoms with E-state index in [1.807, 2.05) is 0 Å². The standard InChI is InChI=1S/C8H4N2O4S/c11-8(12)4-1-6-5(9-3-4)2-7(15-6)10(13)14/h1-3H,(H,11,12). The molecule has 7 heteroatoms. The number of nitrogens with zero attached hydrogens (tertiary/aromatic N) is 2. The van der Waals surface area contributed by atoms with Gasteiger partial charge in [0.25, 0.3) is 0 Å². The van der Waals surface area contributed by atoms with Gasteiger partial charge in [-0.2, -0.15) is 0 Å². The first-order valence-electron chi connectivity index (χ1n) is 3.85. The summed E-state index contributed by atoms with van der Waals surface area (Å²) in [7, 11) is 0. The lowest BCUT2D eigenvalue weighted by atomic mass is 10.3. The highest BCUT2D eigenvalue weighted by molar-refractivity contribution is 7.22. The minimum atomic E-state index is -1.10. The summed E-state index contributed by atoms with van der Waals surface area (Å²) in [6.45, 7) is 0. The largest absolute Gasteiger partial charge is 0.478 e. The van der Waals surface area contributed by atoms with Gasteiger partial charge >= 0.3 is 11.0 Å². The number of carboxylic acid groups (broad SMARTS) is 1. The van der Waals surface area contributed by atoms with Crippen molar-refractivity contribution in [1.29, 1.82) is 0 Å². The molecule has 0 aliphatic carbocycles. The average Bonchev–Trinajstić information content (AvgIpc) is 2.59. The van der Waals surface area contributed by atoms with Gasteiger partial charge in [0, 0.05) is 6.20 Å². The molecule has 0 bridgehead atoms. The number of nitro groups is 1. The van der Waals surface area contributed by atoms with Crippen molar-refractivity contribution < 1.29 is 14.8 Å². The van der Waals surface area contributed by atoms with Gasteiger partial charge in [0.1, 0.15) is 0 Å². The van der Waals surface area contributed by atoms with Crippen LogP contribution in [0.2, 0.25) is 0 Å². The molecule has 15 heavy (non-hydrogen) atoms. The molecule has 0 aliphatic rings. The Morgan fingerprint density at radius 1 is 1.53 bits per heavy atom. The van der Waals surface area contributed by atoms with E-state index in [9.17, 15) is 14.9 Å². The van der Waals surface area contributed by atoms with Crippen LogP contribution in [0.15, 0.2) is 18.3 Å². The monoisotopic (exact) mass is 224 g/mol. The zero-order valence-electron chi connectivity index (χ0n) is 7.21. The van der Waals surface area contributed by atoms with Gasteiger partial charge < -0.3 is 5.11 Å². The van der Waals surface area contributed by atoms with Crippen LogP contribution in [0.3, 0.4) is 0 Å². The summed E-state index contributed by atoms with van der Waals surface area (Å²) >= 11 is 0.912. The van der Waals surface area contributed by atoms with Crippen LogP contribution in [-0.2, 0) is 0 Å². The fourth-order valence-electron chi connectivity index (χ4n) is 1.11. The van der Waals surface area contributed by atoms with Crippen LogP contribution in [0.5, 0.6) is 0 Å². The highest BCUT2D eigenvalue weighted by atomic mass is 32.1. The van der Waals surface area contributed by atoms with Crippen molar-refractivity contribution in [3.05, 3.63) is 34.0 Å². The van der Waals surface area contributed by atoms with Crippen molar-refractivity contribution in [2.45, 2.75) is 0 Å². The maximum atomic E-state index is 10.6. The van der Waals surface area contributed by atoms with E-state index in [1.165, 1.54) is 18.3 Å². The van der Waals surface area contributed by atoms with E-state index in [2.05, 4.69) is 4.98 Å². The summed E-state index contributed by atoms with van der Waals surface area (Å²) in [5.74, 6) is -1.10. The first-order valence-corrected chi connectivity index (χ1v) is 4.67. The lowest BCUT2D eigenvalue weighted by Crippen LogP contribution is -1.95. The van der Waals surface area contributed by atoms with Crippen molar-refractivity contribution in [1.82, 2.24) is 4.98 Å². The smallest absolute Gasteiger partial charge is 0.337 e. The Morgan fingerprint density at radius 3 is 2.87 bits per heavy atom. The zero-order valence-corrected chi connectivity index (χ0v) is 8.02. The van der Waals surface area contributed by atoms with Gasteiger partial charge in [-0.15, -0.1) is 0 Å². The Morgan fingerprint density at radius 2 is 2.27 bits per heavy atom. The summed E-state index contributed by atoms with van der Waals surface area (Å²) in [5.41, 5.74) is 0.468. The van der Waals surface area contributed by atoms with Crippen LogP contribution in [0, 0.1) is 10.1 Å². The molecule has 0 spiro atoms. The number of carboxylic acids is 1. The predicted molar refractivity (Wildman–Crippen MR) is 53.2 cm³/mol. The highest BCUT2D eigenvalue weighted by Gasteiger charge is 2.13. The Labute approximate surface area is 86.9 Å². The molecule has 0 radical (unpaired) electrons. The predicted octanol–water partition coefficient (Wildman–Crippen LogP) is 1.90. The molecule has 2 aromatic heterocycles. The first-order chi connectivity index (χ1) is 7.08. The number of thiophene rings is 1. The average molecular weight is 224 g/mol. The third-order valence-corrected chi connectivity index (χ3v) is 2.81. The van der Waals surface area contributed by atoms with Gasteiger partial charge in [-0.1, -0.05) is 11.3 Å². The Balaban J connectivity index is 2.62. The quantitative estimate of drug-likeness (QED) is 0.621. The molecule has 0 aliphatic heterocycles. The van der Waals surface area contributed by atoms with E-state index in [4.69, 9.17) is 5.11 Å². The van der Waals surface area contributed by atoms with Crippen molar-refractivity contribution in [2.75, 3.05) is 0 Å². The summed E-state index contributed by atoms with van der Waals surface area (Å²) in [5, 5.41) is 19.1. The number of pyridine rings is 1. The molecule has 0 amide bonds. The lowest BCUT2D eigenvalue weighted by molar-refractivity contribution is -0.380. The molecule has 76 valence electrons. The molecule has 0 saturated heterocycles. The van der Waals surface area contributed by atoms with Crippen LogP contribution < -0.4 is 0 Å². The highest BCUT2D eigenvalue weighted by Crippen LogP contribution is 2.30. The zero-order chi connectivity index (χ0) is 11.0. The topological polar surface area (TPSA) is 93.3 Å². The third-order valence-electron chi connectivity index (χ3n) is 1.78. The fraction of sp³-hybridized carbons (Fsp3) is 0. The van der Waals surface area contributed by atoms with Crippen LogP contribution in [0.25, 0.3) is 10.2 Å². The Bertz CT molecular complexity index is 551. The minimum Gasteiger partial charge on any atom is -0.478 e. The van der Waals surface area contributed by atoms with Gasteiger partial charge in [-0.3, -0.25) is 15.1 Å². The van der Waals surface area contributed by atoms with Crippen molar-refractivity contribution >= 4 is 32.5 Å². The molecule has 2 heterocycles. The Hall–Kier alpha value is -2.02. The number of rotatable bonds is 2. The van der Waals surface area contributed by atoms with E-state index in [1.54, 1.807) is 0 Å². The lowest BCUT2D eigenvalue weighted by Gasteiger charge is -1.91. The molecular weight excluding hydrogens is 220 g/mol. The number of aromatic carboxylic acids is 1. The molecule has 0 fully saturated rings. The van der Waals surface area contributed by atoms with Gasteiger partial charge in [0.2, 0.25) is 0 Å². The number of hydrogen-bond donors (Lipinski definition) is 1. The molecular formula is C8H4N2O4S. The van der Waals surface area contributed by atoms with Gasteiger partial charge in [0.15, 0.2) is 0 Å². The number of hydrogen-bond acceptors (Lipinski definition) is 5. The molecule has 2 rings (SSSR count). The van der Waals surface area contributed by atoms with Gasteiger partial charge in [0.05, 0.1) is 26.8 Å². The molecule has 0 unspecified atom stereocenters. The van der Waals surface area contributed by atoms with E-state index in [0.717, 1.165) is 11.3 Å². The van der Waals surface area contributed by atoms with E-state index >= 15 is 0 Å². The second kappa shape index (κ2) is 3.28. The molecule has 0 saturated carbocycles. The molecule has 2 aromatic rings. The van der Waals surface area contributed by atoms with Crippen molar-refractivity contribution in [3.63, 3.8) is 0 Å². The second-order valence-electron chi connectivity index (χ2n) is 2.75. The fourth-order valence-corrected chi connectivity index (χ4v) is 1.98. The number of fused-ring (bicyclic) bond motifs is 1. The van der Waals surface area contributed by atoms with Crippen molar-refractivity contribution in [3.8, 4) is 0 Å². The molecule has 0 aromatic carbocycles. The maximum Gasteiger partial charge on any atom is 0.337 e. The first kappa shape index (κ1) is 9.53. The summed E-state index contributed by atoms with van der Waals surface area (Å²) in [4.78, 5) is 24.4. The Kier molecular flexibility index (Phi) is 2.09. The van der Waals surface area contributed by atoms with E-state index in [0.29, 0.717) is 10.2 Å². The van der Waals surface area contributed by atoms with Crippen molar-refractivity contribution in [2.24, 2.45) is 0 Å². The third kappa shape index (κ3) is 1.64. The minimum absolute atomic E-state index is 0.0271. The maximum absolute atomic E-state index is 10.6. The summed E-state index contributed by atoms with van der Waals surface area (Å²) in [6.07, 6.45) is 1.18. The van der Waals surface area contributed by atoms with Gasteiger partial charge in [-0.25, -0.2) is 4.79 Å². The molecule has 6 nitrogen and oxygen atoms in total. The molecule has 0 atom stereocenters. The molecule has 1 N–H and O–H groups in total. The summed E-state index contributed by atoms with van der Waals surface area (Å²) < 4.78 is 0.501. The van der Waals surface area contributed by atoms with Crippen LogP contribution in [-0.4, -0.2) is 21.0 Å². The summed E-state index contributed by atoms with van der Waals surface area (Å²) in [6, 6.07) is 2.70. The van der Waals surface area contributed by atoms with Crippen LogP contribution in [0.4, 0.5) is 5.00 Å². The number of carbonyl (C=O) groups is 1. The second-order valence-corrected chi connectivity index (χ2v) is 3.82.